The molecule has 0 aliphatic rings. The smallest absolute Gasteiger partial charge is 0.328 e. The summed E-state index contributed by atoms with van der Waals surface area (Å²) in [6.07, 6.45) is 2.64. The number of carboxylic acids is 1. The zero-order valence-electron chi connectivity index (χ0n) is 12.4. The van der Waals surface area contributed by atoms with Crippen molar-refractivity contribution < 1.29 is 19.4 Å². The summed E-state index contributed by atoms with van der Waals surface area (Å²) in [6.45, 7) is 9.06. The maximum absolute atomic E-state index is 10.4. The zero-order chi connectivity index (χ0) is 15.2. The van der Waals surface area contributed by atoms with Crippen molar-refractivity contribution in [2.45, 2.75) is 32.3 Å². The normalized spacial score (nSPS) is 13.4. The molecule has 0 saturated heterocycles. The van der Waals surface area contributed by atoms with E-state index in [0.29, 0.717) is 5.75 Å². The molecule has 110 valence electrons. The van der Waals surface area contributed by atoms with E-state index in [9.17, 15) is 4.79 Å². The fraction of sp³-hybridized carbons (Fsp3) is 0.400. The number of hydrogen-bond acceptors (Lipinski definition) is 3. The minimum atomic E-state index is -1.30. The molecule has 0 fully saturated rings. The van der Waals surface area contributed by atoms with Crippen LogP contribution in [0.2, 0.25) is 19.6 Å². The van der Waals surface area contributed by atoms with E-state index in [1.807, 2.05) is 0 Å². The Morgan fingerprint density at radius 1 is 1.30 bits per heavy atom. The monoisotopic (exact) mass is 294 g/mol. The van der Waals surface area contributed by atoms with Crippen LogP contribution in [-0.2, 0) is 9.53 Å². The molecule has 0 spiro atoms. The molecule has 0 amide bonds. The quantitative estimate of drug-likeness (QED) is 0.476. The molecule has 0 heterocycles. The van der Waals surface area contributed by atoms with Crippen molar-refractivity contribution in [3.63, 3.8) is 0 Å². The Labute approximate surface area is 121 Å². The van der Waals surface area contributed by atoms with Crippen LogP contribution in [0, 0.1) is 0 Å². The summed E-state index contributed by atoms with van der Waals surface area (Å²) in [7, 11) is -1.30. The summed E-state index contributed by atoms with van der Waals surface area (Å²) >= 11 is 0. The van der Waals surface area contributed by atoms with Crippen LogP contribution in [0.4, 0.5) is 0 Å². The van der Waals surface area contributed by atoms with Gasteiger partial charge < -0.3 is 14.6 Å². The Bertz CT molecular complexity index is 460. The number of carboxylic acid groups (broad SMARTS) is 1. The first-order chi connectivity index (χ1) is 9.29. The molecule has 0 radical (unpaired) electrons. The van der Waals surface area contributed by atoms with Gasteiger partial charge in [-0.25, -0.2) is 4.79 Å². The molecule has 1 aromatic rings. The van der Waals surface area contributed by atoms with Crippen LogP contribution in [0.1, 0.15) is 12.5 Å². The van der Waals surface area contributed by atoms with E-state index in [0.717, 1.165) is 11.6 Å². The van der Waals surface area contributed by atoms with Gasteiger partial charge in [0, 0.05) is 11.8 Å². The van der Waals surface area contributed by atoms with Gasteiger partial charge in [0.1, 0.15) is 5.75 Å². The summed E-state index contributed by atoms with van der Waals surface area (Å²) in [6, 6.07) is 7.20. The number of carbonyl (C=O) groups is 1. The predicted molar refractivity (Wildman–Crippen MR) is 82.5 cm³/mol. The summed E-state index contributed by atoms with van der Waals surface area (Å²) in [5.74, 6) is -0.251. The molecule has 0 aliphatic heterocycles. The molecule has 4 nitrogen and oxygen atoms in total. The van der Waals surface area contributed by atoms with Crippen molar-refractivity contribution in [1.82, 2.24) is 0 Å². The van der Waals surface area contributed by atoms with Crippen molar-refractivity contribution in [3.05, 3.63) is 35.9 Å². The molecule has 1 rings (SSSR count). The first-order valence-corrected chi connectivity index (χ1v) is 10.1. The van der Waals surface area contributed by atoms with Gasteiger partial charge in [-0.15, -0.1) is 0 Å². The Kier molecular flexibility index (Phi) is 5.97. The second-order valence-electron chi connectivity index (χ2n) is 5.68. The van der Waals surface area contributed by atoms with E-state index >= 15 is 0 Å². The lowest BCUT2D eigenvalue weighted by Crippen LogP contribution is -2.38. The molecule has 0 aliphatic carbocycles. The molecule has 0 aromatic heterocycles. The molecule has 0 saturated carbocycles. The van der Waals surface area contributed by atoms with E-state index in [2.05, 4.69) is 26.6 Å². The van der Waals surface area contributed by atoms with E-state index in [-0.39, 0.29) is 12.5 Å². The Morgan fingerprint density at radius 2 is 1.90 bits per heavy atom. The first kappa shape index (κ1) is 16.5. The van der Waals surface area contributed by atoms with Crippen molar-refractivity contribution in [2.75, 3.05) is 6.79 Å². The molecule has 1 aromatic carbocycles. The minimum absolute atomic E-state index is 0.232. The van der Waals surface area contributed by atoms with Crippen LogP contribution in [0.5, 0.6) is 5.75 Å². The number of benzene rings is 1. The van der Waals surface area contributed by atoms with Gasteiger partial charge in [0.25, 0.3) is 0 Å². The minimum Gasteiger partial charge on any atom is -0.478 e. The topological polar surface area (TPSA) is 55.8 Å². The van der Waals surface area contributed by atoms with Gasteiger partial charge >= 0.3 is 5.97 Å². The molecular formula is C15H22O4Si. The maximum Gasteiger partial charge on any atom is 0.328 e. The standard InChI is InChI=1S/C15H22O4Si/c1-12(20(2,3)4)18-11-19-14-8-5-13(6-9-14)7-10-15(16)17/h5-10,12H,11H2,1-4H3,(H,16,17)/b10-7+. The summed E-state index contributed by atoms with van der Waals surface area (Å²) in [5, 5.41) is 8.54. The van der Waals surface area contributed by atoms with Crippen LogP contribution < -0.4 is 4.74 Å². The van der Waals surface area contributed by atoms with Gasteiger partial charge in [-0.05, 0) is 30.7 Å². The maximum atomic E-state index is 10.4. The van der Waals surface area contributed by atoms with Gasteiger partial charge in [-0.3, -0.25) is 0 Å². The van der Waals surface area contributed by atoms with Crippen LogP contribution in [0.3, 0.4) is 0 Å². The third-order valence-corrected chi connectivity index (χ3v) is 5.67. The van der Waals surface area contributed by atoms with E-state index in [4.69, 9.17) is 14.6 Å². The summed E-state index contributed by atoms with van der Waals surface area (Å²) in [4.78, 5) is 10.4. The highest BCUT2D eigenvalue weighted by Crippen LogP contribution is 2.15. The average molecular weight is 294 g/mol. The van der Waals surface area contributed by atoms with Gasteiger partial charge in [0.15, 0.2) is 6.79 Å². The third kappa shape index (κ3) is 6.03. The molecule has 0 bridgehead atoms. The Hall–Kier alpha value is -1.59. The SMILES string of the molecule is CC(OCOc1ccc(/C=C/C(=O)O)cc1)[Si](C)(C)C. The average Bonchev–Trinajstić information content (AvgIpc) is 2.36. The number of ether oxygens (including phenoxy) is 2. The second-order valence-corrected chi connectivity index (χ2v) is 11.2. The number of rotatable bonds is 7. The largest absolute Gasteiger partial charge is 0.478 e. The Balaban J connectivity index is 2.44. The molecule has 1 unspecified atom stereocenters. The van der Waals surface area contributed by atoms with Crippen LogP contribution in [0.25, 0.3) is 6.08 Å². The molecule has 5 heteroatoms. The lowest BCUT2D eigenvalue weighted by Gasteiger charge is -2.25. The lowest BCUT2D eigenvalue weighted by molar-refractivity contribution is -0.131. The van der Waals surface area contributed by atoms with Gasteiger partial charge in [-0.1, -0.05) is 31.8 Å². The van der Waals surface area contributed by atoms with Crippen molar-refractivity contribution in [3.8, 4) is 5.75 Å². The predicted octanol–water partition coefficient (Wildman–Crippen LogP) is 3.40. The highest BCUT2D eigenvalue weighted by atomic mass is 28.3. The van der Waals surface area contributed by atoms with Gasteiger partial charge in [0.05, 0.1) is 8.07 Å². The summed E-state index contributed by atoms with van der Waals surface area (Å²) < 4.78 is 11.2. The zero-order valence-corrected chi connectivity index (χ0v) is 13.4. The lowest BCUT2D eigenvalue weighted by atomic mass is 10.2. The van der Waals surface area contributed by atoms with E-state index in [1.165, 1.54) is 6.08 Å². The molecule has 1 N–H and O–H groups in total. The van der Waals surface area contributed by atoms with Crippen LogP contribution in [-0.4, -0.2) is 31.7 Å². The van der Waals surface area contributed by atoms with Gasteiger partial charge in [0.2, 0.25) is 0 Å². The Morgan fingerprint density at radius 3 is 2.40 bits per heavy atom. The van der Waals surface area contributed by atoms with Crippen LogP contribution in [0.15, 0.2) is 30.3 Å². The summed E-state index contributed by atoms with van der Waals surface area (Å²) in [5.41, 5.74) is 1.05. The highest BCUT2D eigenvalue weighted by molar-refractivity contribution is 6.77. The fourth-order valence-electron chi connectivity index (χ4n) is 1.30. The number of hydrogen-bond donors (Lipinski definition) is 1. The van der Waals surface area contributed by atoms with E-state index in [1.54, 1.807) is 24.3 Å². The third-order valence-electron chi connectivity index (χ3n) is 3.06. The first-order valence-electron chi connectivity index (χ1n) is 6.54. The van der Waals surface area contributed by atoms with Crippen molar-refractivity contribution in [1.29, 1.82) is 0 Å². The molecular weight excluding hydrogens is 272 g/mol. The van der Waals surface area contributed by atoms with E-state index < -0.39 is 14.0 Å². The van der Waals surface area contributed by atoms with Gasteiger partial charge in [-0.2, -0.15) is 0 Å². The van der Waals surface area contributed by atoms with Crippen LogP contribution >= 0.6 is 0 Å². The van der Waals surface area contributed by atoms with Crippen molar-refractivity contribution in [2.24, 2.45) is 0 Å². The van der Waals surface area contributed by atoms with Crippen molar-refractivity contribution >= 4 is 20.1 Å². The second kappa shape index (κ2) is 7.26. The molecule has 20 heavy (non-hydrogen) atoms. The fourth-order valence-corrected chi connectivity index (χ4v) is 1.86. The highest BCUT2D eigenvalue weighted by Gasteiger charge is 2.23. The molecule has 1 atom stereocenters. The number of aliphatic carboxylic acids is 1.